The normalized spacial score (nSPS) is 11.2. The first-order valence-electron chi connectivity index (χ1n) is 5.72. The molecule has 4 N–H and O–H groups in total. The third kappa shape index (κ3) is 1.56. The summed E-state index contributed by atoms with van der Waals surface area (Å²) >= 11 is 0. The Morgan fingerprint density at radius 3 is 2.94 bits per heavy atom. The van der Waals surface area contributed by atoms with Gasteiger partial charge in [0.15, 0.2) is 0 Å². The Bertz CT molecular complexity index is 711. The fraction of sp³-hybridized carbons (Fsp3) is 0.154. The Balaban J connectivity index is 2.20. The van der Waals surface area contributed by atoms with Crippen LogP contribution in [0.15, 0.2) is 30.5 Å². The SMILES string of the molecule is Cn1c(-c2cnc(CN)[nH]2)cc2cc(O)ccc21. The molecule has 5 nitrogen and oxygen atoms in total. The second-order valence-electron chi connectivity index (χ2n) is 4.28. The van der Waals surface area contributed by atoms with E-state index < -0.39 is 0 Å². The van der Waals surface area contributed by atoms with E-state index in [1.54, 1.807) is 18.3 Å². The molecule has 0 aliphatic rings. The Labute approximate surface area is 104 Å². The zero-order valence-electron chi connectivity index (χ0n) is 10.0. The molecule has 0 saturated carbocycles. The summed E-state index contributed by atoms with van der Waals surface area (Å²) in [6, 6.07) is 7.35. The van der Waals surface area contributed by atoms with Crippen LogP contribution in [0.25, 0.3) is 22.3 Å². The zero-order chi connectivity index (χ0) is 12.7. The van der Waals surface area contributed by atoms with E-state index in [0.717, 1.165) is 28.1 Å². The van der Waals surface area contributed by atoms with Crippen molar-refractivity contribution in [1.82, 2.24) is 14.5 Å². The van der Waals surface area contributed by atoms with Gasteiger partial charge in [0.1, 0.15) is 11.6 Å². The molecule has 0 saturated heterocycles. The molecule has 18 heavy (non-hydrogen) atoms. The number of benzene rings is 1. The Morgan fingerprint density at radius 2 is 2.22 bits per heavy atom. The van der Waals surface area contributed by atoms with Crippen molar-refractivity contribution >= 4 is 10.9 Å². The molecular formula is C13H14N4O. The van der Waals surface area contributed by atoms with Gasteiger partial charge >= 0.3 is 0 Å². The molecule has 2 aromatic heterocycles. The lowest BCUT2D eigenvalue weighted by molar-refractivity contribution is 0.476. The Kier molecular flexibility index (Phi) is 2.34. The van der Waals surface area contributed by atoms with Gasteiger partial charge in [-0.25, -0.2) is 4.98 Å². The Morgan fingerprint density at radius 1 is 1.39 bits per heavy atom. The summed E-state index contributed by atoms with van der Waals surface area (Å²) in [4.78, 5) is 7.37. The minimum Gasteiger partial charge on any atom is -0.508 e. The summed E-state index contributed by atoms with van der Waals surface area (Å²) in [7, 11) is 1.98. The van der Waals surface area contributed by atoms with Crippen LogP contribution < -0.4 is 5.73 Å². The van der Waals surface area contributed by atoms with Crippen molar-refractivity contribution in [3.05, 3.63) is 36.3 Å². The fourth-order valence-electron chi connectivity index (χ4n) is 2.19. The van der Waals surface area contributed by atoms with Crippen LogP contribution in [0.4, 0.5) is 0 Å². The predicted molar refractivity (Wildman–Crippen MR) is 70.1 cm³/mol. The molecule has 3 aromatic rings. The van der Waals surface area contributed by atoms with Crippen LogP contribution >= 0.6 is 0 Å². The van der Waals surface area contributed by atoms with Crippen molar-refractivity contribution in [2.24, 2.45) is 12.8 Å². The number of nitrogens with two attached hydrogens (primary N) is 1. The highest BCUT2D eigenvalue weighted by atomic mass is 16.3. The van der Waals surface area contributed by atoms with Crippen molar-refractivity contribution in [3.63, 3.8) is 0 Å². The first kappa shape index (κ1) is 10.9. The van der Waals surface area contributed by atoms with Gasteiger partial charge in [-0.2, -0.15) is 0 Å². The summed E-state index contributed by atoms with van der Waals surface area (Å²) in [5.41, 5.74) is 8.54. The highest BCUT2D eigenvalue weighted by Gasteiger charge is 2.10. The number of phenols is 1. The predicted octanol–water partition coefficient (Wildman–Crippen LogP) is 1.73. The van der Waals surface area contributed by atoms with Crippen LogP contribution in [0.5, 0.6) is 5.75 Å². The van der Waals surface area contributed by atoms with Crippen LogP contribution in [0.2, 0.25) is 0 Å². The molecule has 0 fully saturated rings. The maximum Gasteiger partial charge on any atom is 0.120 e. The number of nitrogens with zero attached hydrogens (tertiary/aromatic N) is 2. The number of nitrogens with one attached hydrogen (secondary N) is 1. The van der Waals surface area contributed by atoms with Gasteiger partial charge in [0.25, 0.3) is 0 Å². The van der Waals surface area contributed by atoms with E-state index in [1.807, 2.05) is 19.2 Å². The third-order valence-corrected chi connectivity index (χ3v) is 3.12. The van der Waals surface area contributed by atoms with Gasteiger partial charge in [0.2, 0.25) is 0 Å². The van der Waals surface area contributed by atoms with Crippen molar-refractivity contribution in [2.75, 3.05) is 0 Å². The molecule has 3 rings (SSSR count). The van der Waals surface area contributed by atoms with Crippen LogP contribution in [-0.2, 0) is 13.6 Å². The number of aromatic nitrogens is 3. The van der Waals surface area contributed by atoms with E-state index in [-0.39, 0.29) is 5.75 Å². The first-order chi connectivity index (χ1) is 8.69. The number of rotatable bonds is 2. The summed E-state index contributed by atoms with van der Waals surface area (Å²) in [5.74, 6) is 1.03. The maximum absolute atomic E-state index is 9.50. The van der Waals surface area contributed by atoms with Crippen LogP contribution in [0, 0.1) is 0 Å². The number of fused-ring (bicyclic) bond motifs is 1. The minimum absolute atomic E-state index is 0.270. The molecule has 0 aliphatic carbocycles. The topological polar surface area (TPSA) is 79.9 Å². The van der Waals surface area contributed by atoms with Crippen molar-refractivity contribution < 1.29 is 5.11 Å². The lowest BCUT2D eigenvalue weighted by atomic mass is 10.2. The molecule has 0 atom stereocenters. The average molecular weight is 242 g/mol. The molecule has 0 unspecified atom stereocenters. The second kappa shape index (κ2) is 3.89. The standard InChI is InChI=1S/C13H14N4O/c1-17-11-3-2-9(18)4-8(11)5-12(17)10-7-15-13(6-14)16-10/h2-5,7,18H,6,14H2,1H3,(H,15,16). The van der Waals surface area contributed by atoms with E-state index >= 15 is 0 Å². The number of aromatic amines is 1. The number of H-pyrrole nitrogens is 1. The largest absolute Gasteiger partial charge is 0.508 e. The number of hydrogen-bond acceptors (Lipinski definition) is 3. The Hall–Kier alpha value is -2.27. The highest BCUT2D eigenvalue weighted by Crippen LogP contribution is 2.28. The number of aryl methyl sites for hydroxylation is 1. The van der Waals surface area contributed by atoms with E-state index in [4.69, 9.17) is 5.73 Å². The molecule has 92 valence electrons. The van der Waals surface area contributed by atoms with Crippen molar-refractivity contribution in [2.45, 2.75) is 6.54 Å². The molecule has 2 heterocycles. The molecule has 0 amide bonds. The monoisotopic (exact) mass is 242 g/mol. The van der Waals surface area contributed by atoms with Gasteiger partial charge in [-0.05, 0) is 24.3 Å². The van der Waals surface area contributed by atoms with E-state index in [0.29, 0.717) is 6.54 Å². The van der Waals surface area contributed by atoms with Gasteiger partial charge < -0.3 is 20.4 Å². The summed E-state index contributed by atoms with van der Waals surface area (Å²) in [5, 5.41) is 10.5. The minimum atomic E-state index is 0.270. The van der Waals surface area contributed by atoms with E-state index in [1.165, 1.54) is 0 Å². The van der Waals surface area contributed by atoms with Gasteiger partial charge in [-0.1, -0.05) is 0 Å². The van der Waals surface area contributed by atoms with Crippen LogP contribution in [-0.4, -0.2) is 19.6 Å². The van der Waals surface area contributed by atoms with Gasteiger partial charge in [0, 0.05) is 18.0 Å². The van der Waals surface area contributed by atoms with E-state index in [2.05, 4.69) is 14.5 Å². The number of imidazole rings is 1. The summed E-state index contributed by atoms with van der Waals surface area (Å²) < 4.78 is 2.06. The highest BCUT2D eigenvalue weighted by molar-refractivity contribution is 5.87. The quantitative estimate of drug-likeness (QED) is 0.640. The molecular weight excluding hydrogens is 228 g/mol. The summed E-state index contributed by atoms with van der Waals surface area (Å²) in [6.07, 6.45) is 1.77. The first-order valence-corrected chi connectivity index (χ1v) is 5.72. The molecule has 1 aromatic carbocycles. The molecule has 0 aliphatic heterocycles. The number of hydrogen-bond donors (Lipinski definition) is 3. The zero-order valence-corrected chi connectivity index (χ0v) is 10.0. The van der Waals surface area contributed by atoms with Gasteiger partial charge in [-0.15, -0.1) is 0 Å². The third-order valence-electron chi connectivity index (χ3n) is 3.12. The van der Waals surface area contributed by atoms with Crippen molar-refractivity contribution in [3.8, 4) is 17.1 Å². The molecule has 5 heteroatoms. The molecule has 0 spiro atoms. The number of aromatic hydroxyl groups is 1. The van der Waals surface area contributed by atoms with Gasteiger partial charge in [0.05, 0.1) is 24.1 Å². The fourth-order valence-corrected chi connectivity index (χ4v) is 2.19. The van der Waals surface area contributed by atoms with Crippen LogP contribution in [0.3, 0.4) is 0 Å². The molecule has 0 radical (unpaired) electrons. The lowest BCUT2D eigenvalue weighted by Gasteiger charge is -2.01. The van der Waals surface area contributed by atoms with Crippen LogP contribution in [0.1, 0.15) is 5.82 Å². The lowest BCUT2D eigenvalue weighted by Crippen LogP contribution is -1.98. The average Bonchev–Trinajstić information content (AvgIpc) is 2.94. The second-order valence-corrected chi connectivity index (χ2v) is 4.28. The number of phenolic OH excluding ortho intramolecular Hbond substituents is 1. The molecule has 0 bridgehead atoms. The maximum atomic E-state index is 9.50. The van der Waals surface area contributed by atoms with Gasteiger partial charge in [-0.3, -0.25) is 0 Å². The smallest absolute Gasteiger partial charge is 0.120 e. The van der Waals surface area contributed by atoms with E-state index in [9.17, 15) is 5.11 Å². The van der Waals surface area contributed by atoms with Crippen molar-refractivity contribution in [1.29, 1.82) is 0 Å². The summed E-state index contributed by atoms with van der Waals surface area (Å²) in [6.45, 7) is 0.394.